The molecule has 1 aromatic carbocycles. The second-order valence-electron chi connectivity index (χ2n) is 2.46. The molecule has 0 unspecified atom stereocenters. The van der Waals surface area contributed by atoms with Gasteiger partial charge in [0.05, 0.1) is 11.6 Å². The zero-order valence-electron chi connectivity index (χ0n) is 7.84. The maximum absolute atomic E-state index is 6.01. The van der Waals surface area contributed by atoms with Crippen LogP contribution in [0.4, 0.5) is 0 Å². The molecule has 0 aliphatic rings. The van der Waals surface area contributed by atoms with Crippen molar-refractivity contribution in [1.82, 2.24) is 0 Å². The fraction of sp³-hybridized carbons (Fsp3) is 0.400. The molecule has 0 saturated heterocycles. The SMILES string of the molecule is CCOc1ccc(SCC)cc1Cl. The molecule has 0 atom stereocenters. The third-order valence-corrected chi connectivity index (χ3v) is 2.69. The Hall–Kier alpha value is -0.340. The first kappa shape index (κ1) is 10.7. The van der Waals surface area contributed by atoms with E-state index in [1.54, 1.807) is 11.8 Å². The molecule has 1 rings (SSSR count). The average Bonchev–Trinajstić information content (AvgIpc) is 2.10. The number of hydrogen-bond acceptors (Lipinski definition) is 2. The second-order valence-corrected chi connectivity index (χ2v) is 4.20. The van der Waals surface area contributed by atoms with E-state index in [0.29, 0.717) is 11.6 Å². The van der Waals surface area contributed by atoms with Gasteiger partial charge in [-0.15, -0.1) is 11.8 Å². The van der Waals surface area contributed by atoms with Crippen LogP contribution in [0.5, 0.6) is 5.75 Å². The van der Waals surface area contributed by atoms with Crippen molar-refractivity contribution in [2.24, 2.45) is 0 Å². The number of thioether (sulfide) groups is 1. The molecule has 0 radical (unpaired) electrons. The van der Waals surface area contributed by atoms with Crippen molar-refractivity contribution in [3.63, 3.8) is 0 Å². The summed E-state index contributed by atoms with van der Waals surface area (Å²) in [6.45, 7) is 4.72. The molecule has 72 valence electrons. The highest BCUT2D eigenvalue weighted by Gasteiger charge is 2.01. The van der Waals surface area contributed by atoms with E-state index in [1.165, 1.54) is 4.90 Å². The minimum atomic E-state index is 0.653. The van der Waals surface area contributed by atoms with Crippen LogP contribution < -0.4 is 4.74 Å². The zero-order valence-corrected chi connectivity index (χ0v) is 9.41. The quantitative estimate of drug-likeness (QED) is 0.708. The molecule has 1 aromatic rings. The Labute approximate surface area is 88.4 Å². The van der Waals surface area contributed by atoms with Gasteiger partial charge in [-0.3, -0.25) is 0 Å². The molecule has 0 saturated carbocycles. The maximum atomic E-state index is 6.01. The lowest BCUT2D eigenvalue weighted by molar-refractivity contribution is 0.340. The second kappa shape index (κ2) is 5.40. The van der Waals surface area contributed by atoms with Gasteiger partial charge in [-0.1, -0.05) is 18.5 Å². The average molecular weight is 217 g/mol. The smallest absolute Gasteiger partial charge is 0.137 e. The lowest BCUT2D eigenvalue weighted by atomic mass is 10.3. The molecule has 1 nitrogen and oxygen atoms in total. The molecule has 0 fully saturated rings. The van der Waals surface area contributed by atoms with Crippen LogP contribution in [0.25, 0.3) is 0 Å². The van der Waals surface area contributed by atoms with Crippen LogP contribution in [-0.4, -0.2) is 12.4 Å². The van der Waals surface area contributed by atoms with Gasteiger partial charge in [-0.25, -0.2) is 0 Å². The molecular formula is C10H13ClOS. The van der Waals surface area contributed by atoms with Gasteiger partial charge in [0.1, 0.15) is 5.75 Å². The Morgan fingerprint density at radius 2 is 2.15 bits per heavy atom. The molecule has 0 bridgehead atoms. The third-order valence-electron chi connectivity index (χ3n) is 1.51. The lowest BCUT2D eigenvalue weighted by Gasteiger charge is -2.06. The van der Waals surface area contributed by atoms with Crippen LogP contribution in [-0.2, 0) is 0 Å². The maximum Gasteiger partial charge on any atom is 0.137 e. The summed E-state index contributed by atoms with van der Waals surface area (Å²) in [7, 11) is 0. The van der Waals surface area contributed by atoms with Crippen LogP contribution in [0.2, 0.25) is 5.02 Å². The molecule has 0 aliphatic carbocycles. The largest absolute Gasteiger partial charge is 0.492 e. The normalized spacial score (nSPS) is 10.1. The van der Waals surface area contributed by atoms with Gasteiger partial charge in [0.25, 0.3) is 0 Å². The highest BCUT2D eigenvalue weighted by atomic mass is 35.5. The zero-order chi connectivity index (χ0) is 9.68. The summed E-state index contributed by atoms with van der Waals surface area (Å²) in [4.78, 5) is 1.19. The fourth-order valence-corrected chi connectivity index (χ4v) is 2.01. The Morgan fingerprint density at radius 3 is 2.69 bits per heavy atom. The Kier molecular flexibility index (Phi) is 4.46. The molecular weight excluding hydrogens is 204 g/mol. The molecule has 13 heavy (non-hydrogen) atoms. The number of hydrogen-bond donors (Lipinski definition) is 0. The van der Waals surface area contributed by atoms with Gasteiger partial charge < -0.3 is 4.74 Å². The van der Waals surface area contributed by atoms with E-state index in [1.807, 2.05) is 25.1 Å². The van der Waals surface area contributed by atoms with Gasteiger partial charge in [-0.2, -0.15) is 0 Å². The van der Waals surface area contributed by atoms with Crippen molar-refractivity contribution in [3.8, 4) is 5.75 Å². The van der Waals surface area contributed by atoms with E-state index >= 15 is 0 Å². The van der Waals surface area contributed by atoms with E-state index < -0.39 is 0 Å². The Bertz CT molecular complexity index is 276. The van der Waals surface area contributed by atoms with E-state index in [4.69, 9.17) is 16.3 Å². The molecule has 0 aliphatic heterocycles. The molecule has 0 heterocycles. The minimum absolute atomic E-state index is 0.653. The van der Waals surface area contributed by atoms with Crippen molar-refractivity contribution in [1.29, 1.82) is 0 Å². The van der Waals surface area contributed by atoms with Crippen molar-refractivity contribution in [2.75, 3.05) is 12.4 Å². The first-order chi connectivity index (χ1) is 6.27. The van der Waals surface area contributed by atoms with E-state index in [9.17, 15) is 0 Å². The van der Waals surface area contributed by atoms with Crippen molar-refractivity contribution in [3.05, 3.63) is 23.2 Å². The van der Waals surface area contributed by atoms with Crippen LogP contribution in [0, 0.1) is 0 Å². The van der Waals surface area contributed by atoms with Gasteiger partial charge in [0.15, 0.2) is 0 Å². The predicted molar refractivity (Wildman–Crippen MR) is 59.0 cm³/mol. The molecule has 0 aromatic heterocycles. The molecule has 3 heteroatoms. The van der Waals surface area contributed by atoms with E-state index in [2.05, 4.69) is 6.92 Å². The van der Waals surface area contributed by atoms with Gasteiger partial charge in [-0.05, 0) is 30.9 Å². The number of ether oxygens (including phenoxy) is 1. The summed E-state index contributed by atoms with van der Waals surface area (Å²) in [5, 5.41) is 0.695. The Morgan fingerprint density at radius 1 is 1.38 bits per heavy atom. The first-order valence-corrected chi connectivity index (χ1v) is 5.69. The molecule has 0 spiro atoms. The van der Waals surface area contributed by atoms with Gasteiger partial charge in [0, 0.05) is 4.90 Å². The summed E-state index contributed by atoms with van der Waals surface area (Å²) in [6, 6.07) is 5.90. The van der Waals surface area contributed by atoms with Crippen LogP contribution in [0.1, 0.15) is 13.8 Å². The van der Waals surface area contributed by atoms with Crippen LogP contribution in [0.15, 0.2) is 23.1 Å². The monoisotopic (exact) mass is 216 g/mol. The third kappa shape index (κ3) is 3.12. The summed E-state index contributed by atoms with van der Waals surface area (Å²) >= 11 is 7.78. The summed E-state index contributed by atoms with van der Waals surface area (Å²) in [6.07, 6.45) is 0. The van der Waals surface area contributed by atoms with Crippen molar-refractivity contribution < 1.29 is 4.74 Å². The topological polar surface area (TPSA) is 9.23 Å². The number of benzene rings is 1. The lowest BCUT2D eigenvalue weighted by Crippen LogP contribution is -1.91. The molecule has 0 N–H and O–H groups in total. The van der Waals surface area contributed by atoms with E-state index in [-0.39, 0.29) is 0 Å². The number of rotatable bonds is 4. The predicted octanol–water partition coefficient (Wildman–Crippen LogP) is 3.85. The number of halogens is 1. The summed E-state index contributed by atoms with van der Waals surface area (Å²) in [5.41, 5.74) is 0. The van der Waals surface area contributed by atoms with Crippen molar-refractivity contribution in [2.45, 2.75) is 18.7 Å². The van der Waals surface area contributed by atoms with Crippen molar-refractivity contribution >= 4 is 23.4 Å². The van der Waals surface area contributed by atoms with Gasteiger partial charge >= 0.3 is 0 Å². The highest BCUT2D eigenvalue weighted by molar-refractivity contribution is 7.99. The minimum Gasteiger partial charge on any atom is -0.492 e. The van der Waals surface area contributed by atoms with Crippen LogP contribution >= 0.6 is 23.4 Å². The Balaban J connectivity index is 2.79. The summed E-state index contributed by atoms with van der Waals surface area (Å²) in [5.74, 6) is 1.83. The van der Waals surface area contributed by atoms with Gasteiger partial charge in [0.2, 0.25) is 0 Å². The van der Waals surface area contributed by atoms with Crippen LogP contribution in [0.3, 0.4) is 0 Å². The standard InChI is InChI=1S/C10H13ClOS/c1-3-12-10-6-5-8(13-4-2)7-9(10)11/h5-7H,3-4H2,1-2H3. The first-order valence-electron chi connectivity index (χ1n) is 4.33. The summed E-state index contributed by atoms with van der Waals surface area (Å²) < 4.78 is 5.33. The van der Waals surface area contributed by atoms with E-state index in [0.717, 1.165) is 11.5 Å². The fourth-order valence-electron chi connectivity index (χ4n) is 1.01. The molecule has 0 amide bonds. The highest BCUT2D eigenvalue weighted by Crippen LogP contribution is 2.29.